The third-order valence-electron chi connectivity index (χ3n) is 3.69. The quantitative estimate of drug-likeness (QED) is 0.872. The lowest BCUT2D eigenvalue weighted by atomic mass is 10.1. The first kappa shape index (κ1) is 19.2. The summed E-state index contributed by atoms with van der Waals surface area (Å²) < 4.78 is 41.6. The number of nitrogens with zero attached hydrogens (tertiary/aromatic N) is 3. The molecular formula is C15H16ClF3N4O2. The van der Waals surface area contributed by atoms with Crippen molar-refractivity contribution in [3.8, 4) is 11.4 Å². The van der Waals surface area contributed by atoms with Crippen LogP contribution >= 0.6 is 12.4 Å². The lowest BCUT2D eigenvalue weighted by Gasteiger charge is -2.19. The van der Waals surface area contributed by atoms with Crippen molar-refractivity contribution in [2.75, 3.05) is 26.2 Å². The molecule has 10 heteroatoms. The number of alkyl halides is 3. The molecule has 1 aliphatic heterocycles. The second-order valence-corrected chi connectivity index (χ2v) is 5.39. The minimum absolute atomic E-state index is 0. The Morgan fingerprint density at radius 1 is 1.16 bits per heavy atom. The summed E-state index contributed by atoms with van der Waals surface area (Å²) in [5.74, 6) is -1.66. The Bertz CT molecular complexity index is 710. The topological polar surface area (TPSA) is 71.3 Å². The Hall–Kier alpha value is -2.13. The zero-order chi connectivity index (χ0) is 17.2. The van der Waals surface area contributed by atoms with Crippen LogP contribution < -0.4 is 5.32 Å². The van der Waals surface area contributed by atoms with Crippen LogP contribution in [-0.4, -0.2) is 47.1 Å². The van der Waals surface area contributed by atoms with Gasteiger partial charge in [-0.3, -0.25) is 4.79 Å². The first-order valence-electron chi connectivity index (χ1n) is 7.46. The number of halogens is 4. The highest BCUT2D eigenvalue weighted by Crippen LogP contribution is 2.29. The Labute approximate surface area is 147 Å². The van der Waals surface area contributed by atoms with Crippen molar-refractivity contribution in [1.29, 1.82) is 0 Å². The molecule has 3 rings (SSSR count). The highest BCUT2D eigenvalue weighted by atomic mass is 35.5. The van der Waals surface area contributed by atoms with Gasteiger partial charge in [-0.05, 0) is 25.1 Å². The second kappa shape index (κ2) is 7.83. The van der Waals surface area contributed by atoms with Gasteiger partial charge in [0.1, 0.15) is 0 Å². The van der Waals surface area contributed by atoms with Gasteiger partial charge in [-0.2, -0.15) is 18.2 Å². The predicted molar refractivity (Wildman–Crippen MR) is 85.4 cm³/mol. The smallest absolute Gasteiger partial charge is 0.337 e. The second-order valence-electron chi connectivity index (χ2n) is 5.39. The Kier molecular flexibility index (Phi) is 6.02. The molecule has 6 nitrogen and oxygen atoms in total. The van der Waals surface area contributed by atoms with Crippen LogP contribution in [0.5, 0.6) is 0 Å². The molecule has 1 aromatic heterocycles. The van der Waals surface area contributed by atoms with E-state index < -0.39 is 12.1 Å². The molecule has 2 aromatic rings. The number of nitrogens with one attached hydrogen (secondary N) is 1. The zero-order valence-electron chi connectivity index (χ0n) is 13.0. The normalized spacial score (nSPS) is 15.4. The van der Waals surface area contributed by atoms with Crippen LogP contribution in [0.3, 0.4) is 0 Å². The summed E-state index contributed by atoms with van der Waals surface area (Å²) in [7, 11) is 0. The maximum absolute atomic E-state index is 12.5. The standard InChI is InChI=1S/C15H15F3N4O2.ClH/c16-15(17,18)14-20-12(21-24-14)10-2-4-11(5-3-10)13(23)22-8-1-6-19-7-9-22;/h2-5,19H,1,6-9H2;1H. The van der Waals surface area contributed by atoms with Crippen molar-refractivity contribution in [2.24, 2.45) is 0 Å². The van der Waals surface area contributed by atoms with Gasteiger partial charge in [0.15, 0.2) is 0 Å². The minimum atomic E-state index is -4.68. The molecular weight excluding hydrogens is 361 g/mol. The summed E-state index contributed by atoms with van der Waals surface area (Å²) in [6.45, 7) is 2.92. The van der Waals surface area contributed by atoms with Gasteiger partial charge in [-0.15, -0.1) is 12.4 Å². The van der Waals surface area contributed by atoms with E-state index in [2.05, 4.69) is 20.0 Å². The van der Waals surface area contributed by atoms with Crippen molar-refractivity contribution in [1.82, 2.24) is 20.4 Å². The third-order valence-corrected chi connectivity index (χ3v) is 3.69. The SMILES string of the molecule is Cl.O=C(c1ccc(-c2noc(C(F)(F)F)n2)cc1)N1CCCNCC1. The molecule has 1 aromatic carbocycles. The van der Waals surface area contributed by atoms with Gasteiger partial charge in [0, 0.05) is 30.8 Å². The number of hydrogen-bond acceptors (Lipinski definition) is 5. The van der Waals surface area contributed by atoms with Crippen molar-refractivity contribution in [2.45, 2.75) is 12.6 Å². The highest BCUT2D eigenvalue weighted by molar-refractivity contribution is 5.94. The predicted octanol–water partition coefficient (Wildman–Crippen LogP) is 2.61. The molecule has 1 saturated heterocycles. The summed E-state index contributed by atoms with van der Waals surface area (Å²) in [5, 5.41) is 6.54. The summed E-state index contributed by atoms with van der Waals surface area (Å²) in [4.78, 5) is 17.5. The van der Waals surface area contributed by atoms with E-state index in [1.54, 1.807) is 17.0 Å². The van der Waals surface area contributed by atoms with Crippen LogP contribution in [0.4, 0.5) is 13.2 Å². The average molecular weight is 377 g/mol. The van der Waals surface area contributed by atoms with Gasteiger partial charge in [-0.1, -0.05) is 17.3 Å². The lowest BCUT2D eigenvalue weighted by molar-refractivity contribution is -0.159. The molecule has 1 fully saturated rings. The molecule has 25 heavy (non-hydrogen) atoms. The molecule has 0 atom stereocenters. The van der Waals surface area contributed by atoms with Gasteiger partial charge in [-0.25, -0.2) is 0 Å². The fourth-order valence-corrected chi connectivity index (χ4v) is 2.45. The number of hydrogen-bond donors (Lipinski definition) is 1. The zero-order valence-corrected chi connectivity index (χ0v) is 13.9. The number of benzene rings is 1. The number of amides is 1. The Morgan fingerprint density at radius 2 is 1.88 bits per heavy atom. The van der Waals surface area contributed by atoms with Crippen LogP contribution in [-0.2, 0) is 6.18 Å². The maximum atomic E-state index is 12.5. The summed E-state index contributed by atoms with van der Waals surface area (Å²) in [6.07, 6.45) is -3.80. The molecule has 0 aliphatic carbocycles. The van der Waals surface area contributed by atoms with E-state index in [1.807, 2.05) is 0 Å². The fourth-order valence-electron chi connectivity index (χ4n) is 2.45. The molecule has 0 bridgehead atoms. The molecule has 1 aliphatic rings. The van der Waals surface area contributed by atoms with Crippen LogP contribution in [0.15, 0.2) is 28.8 Å². The summed E-state index contributed by atoms with van der Waals surface area (Å²) in [5.41, 5.74) is 0.823. The highest BCUT2D eigenvalue weighted by Gasteiger charge is 2.38. The molecule has 0 saturated carbocycles. The number of carbonyl (C=O) groups excluding carboxylic acids is 1. The lowest BCUT2D eigenvalue weighted by Crippen LogP contribution is -2.34. The fraction of sp³-hybridized carbons (Fsp3) is 0.400. The van der Waals surface area contributed by atoms with E-state index in [4.69, 9.17) is 0 Å². The molecule has 1 amide bonds. The van der Waals surface area contributed by atoms with Gasteiger partial charge in [0.25, 0.3) is 5.91 Å². The Morgan fingerprint density at radius 3 is 2.52 bits per heavy atom. The van der Waals surface area contributed by atoms with Gasteiger partial charge in [0.05, 0.1) is 0 Å². The van der Waals surface area contributed by atoms with E-state index in [1.165, 1.54) is 12.1 Å². The van der Waals surface area contributed by atoms with Crippen LogP contribution in [0.25, 0.3) is 11.4 Å². The average Bonchev–Trinajstić information content (AvgIpc) is 2.91. The molecule has 2 heterocycles. The number of carbonyl (C=O) groups is 1. The summed E-state index contributed by atoms with van der Waals surface area (Å²) >= 11 is 0. The monoisotopic (exact) mass is 376 g/mol. The van der Waals surface area contributed by atoms with Gasteiger partial charge >= 0.3 is 12.1 Å². The Balaban J connectivity index is 0.00000225. The van der Waals surface area contributed by atoms with E-state index >= 15 is 0 Å². The van der Waals surface area contributed by atoms with Crippen LogP contribution in [0, 0.1) is 0 Å². The number of rotatable bonds is 2. The molecule has 0 radical (unpaired) electrons. The van der Waals surface area contributed by atoms with E-state index in [9.17, 15) is 18.0 Å². The molecule has 136 valence electrons. The van der Waals surface area contributed by atoms with Crippen molar-refractivity contribution < 1.29 is 22.5 Å². The van der Waals surface area contributed by atoms with Gasteiger partial charge in [0.2, 0.25) is 5.82 Å². The minimum Gasteiger partial charge on any atom is -0.337 e. The van der Waals surface area contributed by atoms with Crippen molar-refractivity contribution in [3.63, 3.8) is 0 Å². The first-order chi connectivity index (χ1) is 11.4. The van der Waals surface area contributed by atoms with E-state index in [0.717, 1.165) is 19.5 Å². The van der Waals surface area contributed by atoms with Gasteiger partial charge < -0.3 is 14.7 Å². The van der Waals surface area contributed by atoms with Crippen LogP contribution in [0.2, 0.25) is 0 Å². The molecule has 1 N–H and O–H groups in total. The maximum Gasteiger partial charge on any atom is 0.471 e. The largest absolute Gasteiger partial charge is 0.471 e. The van der Waals surface area contributed by atoms with Crippen molar-refractivity contribution in [3.05, 3.63) is 35.7 Å². The number of aromatic nitrogens is 2. The van der Waals surface area contributed by atoms with E-state index in [-0.39, 0.29) is 24.1 Å². The van der Waals surface area contributed by atoms with Crippen LogP contribution in [0.1, 0.15) is 22.7 Å². The first-order valence-corrected chi connectivity index (χ1v) is 7.46. The molecule has 0 spiro atoms. The van der Waals surface area contributed by atoms with Crippen molar-refractivity contribution >= 4 is 18.3 Å². The third kappa shape index (κ3) is 4.49. The van der Waals surface area contributed by atoms with E-state index in [0.29, 0.717) is 24.2 Å². The summed E-state index contributed by atoms with van der Waals surface area (Å²) in [6, 6.07) is 6.13. The molecule has 0 unspecified atom stereocenters.